The minimum atomic E-state index is -0.965. The van der Waals surface area contributed by atoms with Crippen molar-refractivity contribution in [3.8, 4) is 0 Å². The average Bonchev–Trinajstić information content (AvgIpc) is 2.20. The Balaban J connectivity index is 4.10. The Morgan fingerprint density at radius 1 is 1.05 bits per heavy atom. The Morgan fingerprint density at radius 2 is 1.60 bits per heavy atom. The van der Waals surface area contributed by atoms with Crippen LogP contribution < -0.4 is 16.0 Å². The lowest BCUT2D eigenvalue weighted by atomic mass is 10.1. The standard InChI is InChI=1S/C14H29N3O3/c1-13(2,3)16-8-7-11(18)15-9-10(12(19)20)17-14(4,5)6/h10,16-17H,7-9H2,1-6H3,(H,15,18)(H,19,20)/t10-/m1/s1. The lowest BCUT2D eigenvalue weighted by Gasteiger charge is -2.26. The minimum absolute atomic E-state index is 0.0301. The zero-order valence-electron chi connectivity index (χ0n) is 13.5. The van der Waals surface area contributed by atoms with Gasteiger partial charge in [0.25, 0.3) is 0 Å². The number of amides is 1. The van der Waals surface area contributed by atoms with Crippen molar-refractivity contribution < 1.29 is 14.7 Å². The Hall–Kier alpha value is -1.14. The second-order valence-electron chi connectivity index (χ2n) is 7.02. The molecule has 0 heterocycles. The van der Waals surface area contributed by atoms with Gasteiger partial charge in [-0.3, -0.25) is 14.9 Å². The molecule has 0 aromatic heterocycles. The molecule has 0 fully saturated rings. The molecular weight excluding hydrogens is 258 g/mol. The molecule has 6 heteroatoms. The van der Waals surface area contributed by atoms with Crippen molar-refractivity contribution in [3.05, 3.63) is 0 Å². The summed E-state index contributed by atoms with van der Waals surface area (Å²) in [6, 6.07) is -0.783. The van der Waals surface area contributed by atoms with Crippen LogP contribution >= 0.6 is 0 Å². The molecule has 1 atom stereocenters. The van der Waals surface area contributed by atoms with Gasteiger partial charge >= 0.3 is 5.97 Å². The molecule has 0 aromatic rings. The highest BCUT2D eigenvalue weighted by Gasteiger charge is 2.23. The van der Waals surface area contributed by atoms with E-state index in [1.165, 1.54) is 0 Å². The molecule has 1 amide bonds. The lowest BCUT2D eigenvalue weighted by Crippen LogP contribution is -2.53. The summed E-state index contributed by atoms with van der Waals surface area (Å²) in [7, 11) is 0. The van der Waals surface area contributed by atoms with E-state index in [0.29, 0.717) is 13.0 Å². The van der Waals surface area contributed by atoms with E-state index < -0.39 is 12.0 Å². The molecule has 118 valence electrons. The number of carboxylic acid groups (broad SMARTS) is 1. The van der Waals surface area contributed by atoms with Gasteiger partial charge in [0, 0.05) is 30.6 Å². The van der Waals surface area contributed by atoms with E-state index >= 15 is 0 Å². The highest BCUT2D eigenvalue weighted by Crippen LogP contribution is 2.01. The molecule has 20 heavy (non-hydrogen) atoms. The van der Waals surface area contributed by atoms with Gasteiger partial charge in [0.1, 0.15) is 6.04 Å². The molecule has 0 aromatic carbocycles. The number of hydrogen-bond donors (Lipinski definition) is 4. The summed E-state index contributed by atoms with van der Waals surface area (Å²) in [6.45, 7) is 12.4. The fourth-order valence-electron chi connectivity index (χ4n) is 1.58. The second-order valence-corrected chi connectivity index (χ2v) is 7.02. The molecule has 0 aliphatic heterocycles. The molecule has 6 nitrogen and oxygen atoms in total. The minimum Gasteiger partial charge on any atom is -0.480 e. The zero-order valence-corrected chi connectivity index (χ0v) is 13.5. The highest BCUT2D eigenvalue weighted by atomic mass is 16.4. The van der Waals surface area contributed by atoms with Crippen molar-refractivity contribution in [1.82, 2.24) is 16.0 Å². The molecular formula is C14H29N3O3. The lowest BCUT2D eigenvalue weighted by molar-refractivity contribution is -0.140. The monoisotopic (exact) mass is 287 g/mol. The van der Waals surface area contributed by atoms with Gasteiger partial charge in [-0.1, -0.05) is 0 Å². The molecule has 0 rings (SSSR count). The quantitative estimate of drug-likeness (QED) is 0.554. The third-order valence-electron chi connectivity index (χ3n) is 2.42. The van der Waals surface area contributed by atoms with E-state index in [2.05, 4.69) is 16.0 Å². The molecule has 4 N–H and O–H groups in total. The van der Waals surface area contributed by atoms with Crippen molar-refractivity contribution in [2.75, 3.05) is 13.1 Å². The van der Waals surface area contributed by atoms with E-state index in [-0.39, 0.29) is 23.5 Å². The third kappa shape index (κ3) is 10.8. The van der Waals surface area contributed by atoms with Crippen LogP contribution in [-0.4, -0.2) is 47.2 Å². The Labute approximate surface area is 121 Å². The first-order valence-electron chi connectivity index (χ1n) is 6.93. The summed E-state index contributed by atoms with van der Waals surface area (Å²) in [4.78, 5) is 22.8. The second kappa shape index (κ2) is 7.59. The van der Waals surface area contributed by atoms with Crippen LogP contribution in [0.4, 0.5) is 0 Å². The van der Waals surface area contributed by atoms with Crippen molar-refractivity contribution in [1.29, 1.82) is 0 Å². The molecule has 0 aliphatic rings. The van der Waals surface area contributed by atoms with Crippen LogP contribution in [0.2, 0.25) is 0 Å². The molecule has 0 saturated carbocycles. The van der Waals surface area contributed by atoms with Crippen LogP contribution in [0.25, 0.3) is 0 Å². The molecule has 0 spiro atoms. The summed E-state index contributed by atoms with van der Waals surface area (Å²) in [5.74, 6) is -1.11. The van der Waals surface area contributed by atoms with E-state index in [1.807, 2.05) is 41.5 Å². The predicted molar refractivity (Wildman–Crippen MR) is 79.7 cm³/mol. The van der Waals surface area contributed by atoms with Gasteiger partial charge in [0.05, 0.1) is 0 Å². The van der Waals surface area contributed by atoms with Gasteiger partial charge in [0.2, 0.25) is 5.91 Å². The number of carbonyl (C=O) groups excluding carboxylic acids is 1. The first-order chi connectivity index (χ1) is 8.91. The first-order valence-corrected chi connectivity index (χ1v) is 6.93. The highest BCUT2D eigenvalue weighted by molar-refractivity contribution is 5.78. The number of hydrogen-bond acceptors (Lipinski definition) is 4. The molecule has 0 aliphatic carbocycles. The van der Waals surface area contributed by atoms with Crippen molar-refractivity contribution in [3.63, 3.8) is 0 Å². The van der Waals surface area contributed by atoms with Gasteiger partial charge in [-0.15, -0.1) is 0 Å². The summed E-state index contributed by atoms with van der Waals surface area (Å²) in [5, 5.41) is 17.9. The van der Waals surface area contributed by atoms with Crippen LogP contribution in [0.5, 0.6) is 0 Å². The van der Waals surface area contributed by atoms with Gasteiger partial charge in [0.15, 0.2) is 0 Å². The van der Waals surface area contributed by atoms with E-state index in [4.69, 9.17) is 5.11 Å². The predicted octanol–water partition coefficient (Wildman–Crippen LogP) is 0.722. The van der Waals surface area contributed by atoms with Crippen molar-refractivity contribution >= 4 is 11.9 Å². The fourth-order valence-corrected chi connectivity index (χ4v) is 1.58. The van der Waals surface area contributed by atoms with Crippen LogP contribution in [0.1, 0.15) is 48.0 Å². The van der Waals surface area contributed by atoms with E-state index in [9.17, 15) is 9.59 Å². The topological polar surface area (TPSA) is 90.5 Å². The normalized spacial score (nSPS) is 13.9. The van der Waals surface area contributed by atoms with Crippen LogP contribution in [0, 0.1) is 0 Å². The Morgan fingerprint density at radius 3 is 2.00 bits per heavy atom. The Bertz CT molecular complexity index is 330. The first kappa shape index (κ1) is 18.9. The fraction of sp³-hybridized carbons (Fsp3) is 0.857. The molecule has 0 unspecified atom stereocenters. The van der Waals surface area contributed by atoms with E-state index in [1.54, 1.807) is 0 Å². The van der Waals surface area contributed by atoms with Gasteiger partial charge in [-0.25, -0.2) is 0 Å². The van der Waals surface area contributed by atoms with Crippen molar-refractivity contribution in [2.45, 2.75) is 65.1 Å². The van der Waals surface area contributed by atoms with Gasteiger partial charge in [-0.05, 0) is 41.5 Å². The van der Waals surface area contributed by atoms with Crippen LogP contribution in [-0.2, 0) is 9.59 Å². The zero-order chi connectivity index (χ0) is 16.0. The SMILES string of the molecule is CC(C)(C)NCCC(=O)NC[C@@H](NC(C)(C)C)C(=O)O. The molecule has 0 radical (unpaired) electrons. The smallest absolute Gasteiger partial charge is 0.322 e. The number of rotatable bonds is 7. The van der Waals surface area contributed by atoms with Gasteiger partial charge in [-0.2, -0.15) is 0 Å². The maximum absolute atomic E-state index is 11.6. The molecule has 0 bridgehead atoms. The number of carboxylic acids is 1. The average molecular weight is 287 g/mol. The Kier molecular flexibility index (Phi) is 7.16. The van der Waals surface area contributed by atoms with Gasteiger partial charge < -0.3 is 15.7 Å². The summed E-state index contributed by atoms with van der Waals surface area (Å²) < 4.78 is 0. The summed E-state index contributed by atoms with van der Waals surface area (Å²) in [6.07, 6.45) is 0.332. The van der Waals surface area contributed by atoms with Crippen molar-refractivity contribution in [2.24, 2.45) is 0 Å². The number of aliphatic carboxylic acids is 1. The van der Waals surface area contributed by atoms with Crippen LogP contribution in [0.3, 0.4) is 0 Å². The third-order valence-corrected chi connectivity index (χ3v) is 2.42. The number of nitrogens with one attached hydrogen (secondary N) is 3. The maximum Gasteiger partial charge on any atom is 0.322 e. The van der Waals surface area contributed by atoms with Crippen LogP contribution in [0.15, 0.2) is 0 Å². The number of carbonyl (C=O) groups is 2. The van der Waals surface area contributed by atoms with E-state index in [0.717, 1.165) is 0 Å². The largest absolute Gasteiger partial charge is 0.480 e. The summed E-state index contributed by atoms with van der Waals surface area (Å²) in [5.41, 5.74) is -0.348. The molecule has 0 saturated heterocycles. The maximum atomic E-state index is 11.6. The summed E-state index contributed by atoms with van der Waals surface area (Å²) >= 11 is 0.